The van der Waals surface area contributed by atoms with E-state index in [2.05, 4.69) is 0 Å². The number of rotatable bonds is 0. The van der Waals surface area contributed by atoms with Gasteiger partial charge in [-0.25, -0.2) is 0 Å². The standard InChI is InChI=1S/4C4H10O.Ce/c4*1-4(2,3)5;/h4*5H,1-3H3;. The molecule has 5 heteroatoms. The first-order valence-corrected chi connectivity index (χ1v) is 6.89. The molecule has 0 heterocycles. The van der Waals surface area contributed by atoms with Gasteiger partial charge >= 0.3 is 0 Å². The van der Waals surface area contributed by atoms with Crippen molar-refractivity contribution < 1.29 is 62.2 Å². The summed E-state index contributed by atoms with van der Waals surface area (Å²) in [5, 5.41) is 34.1. The quantitative estimate of drug-likeness (QED) is 0.470. The van der Waals surface area contributed by atoms with Gasteiger partial charge < -0.3 is 20.4 Å². The maximum atomic E-state index is 8.52. The van der Waals surface area contributed by atoms with Crippen molar-refractivity contribution in [2.24, 2.45) is 0 Å². The molecule has 21 heavy (non-hydrogen) atoms. The van der Waals surface area contributed by atoms with Crippen LogP contribution in [0.25, 0.3) is 0 Å². The van der Waals surface area contributed by atoms with E-state index in [0.29, 0.717) is 0 Å². The van der Waals surface area contributed by atoms with Gasteiger partial charge in [0.1, 0.15) is 0 Å². The summed E-state index contributed by atoms with van der Waals surface area (Å²) < 4.78 is 0. The van der Waals surface area contributed by atoms with Crippen LogP contribution in [0.1, 0.15) is 83.1 Å². The van der Waals surface area contributed by atoms with Crippen LogP contribution in [0.2, 0.25) is 0 Å². The molecule has 4 N–H and O–H groups in total. The Morgan fingerprint density at radius 2 is 0.333 bits per heavy atom. The second-order valence-corrected chi connectivity index (χ2v) is 8.68. The van der Waals surface area contributed by atoms with E-state index in [0.717, 1.165) is 0 Å². The minimum atomic E-state index is -0.500. The Labute approximate surface area is 166 Å². The summed E-state index contributed by atoms with van der Waals surface area (Å²) in [4.78, 5) is 0. The predicted molar refractivity (Wildman–Crippen MR) is 87.9 cm³/mol. The number of aliphatic hydroxyl groups is 4. The van der Waals surface area contributed by atoms with E-state index < -0.39 is 22.4 Å². The van der Waals surface area contributed by atoms with E-state index in [1.165, 1.54) is 0 Å². The summed E-state index contributed by atoms with van der Waals surface area (Å²) in [5.41, 5.74) is -2.00. The third-order valence-corrected chi connectivity index (χ3v) is 0. The summed E-state index contributed by atoms with van der Waals surface area (Å²) in [5.74, 6) is 0. The first kappa shape index (κ1) is 33.7. The summed E-state index contributed by atoms with van der Waals surface area (Å²) in [6, 6.07) is 0. The Bertz CT molecular complexity index is 130. The fraction of sp³-hybridized carbons (Fsp3) is 1.00. The van der Waals surface area contributed by atoms with E-state index in [4.69, 9.17) is 20.4 Å². The van der Waals surface area contributed by atoms with Crippen molar-refractivity contribution in [3.63, 3.8) is 0 Å². The van der Waals surface area contributed by atoms with Crippen molar-refractivity contribution in [3.05, 3.63) is 0 Å². The molecule has 0 aromatic rings. The summed E-state index contributed by atoms with van der Waals surface area (Å²) in [7, 11) is 0. The second kappa shape index (κ2) is 13.6. The Morgan fingerprint density at radius 1 is 0.333 bits per heavy atom. The van der Waals surface area contributed by atoms with Gasteiger partial charge in [0.15, 0.2) is 0 Å². The fourth-order valence-corrected chi connectivity index (χ4v) is 0. The second-order valence-electron chi connectivity index (χ2n) is 8.68. The molecule has 0 atom stereocenters. The summed E-state index contributed by atoms with van der Waals surface area (Å²) >= 11 is 0. The molecule has 0 aromatic carbocycles. The van der Waals surface area contributed by atoms with Crippen LogP contribution in [-0.2, 0) is 0 Å². The fourth-order valence-electron chi connectivity index (χ4n) is 0. The maximum absolute atomic E-state index is 8.52. The van der Waals surface area contributed by atoms with Crippen molar-refractivity contribution in [1.82, 2.24) is 0 Å². The Morgan fingerprint density at radius 3 is 0.333 bits per heavy atom. The molecule has 0 spiro atoms. The van der Waals surface area contributed by atoms with Crippen LogP contribution in [-0.4, -0.2) is 42.8 Å². The van der Waals surface area contributed by atoms with Crippen LogP contribution in [0, 0.1) is 41.7 Å². The SMILES string of the molecule is CC(C)(C)O.CC(C)(C)O.CC(C)(C)O.CC(C)(C)O.[Ce]. The van der Waals surface area contributed by atoms with Crippen LogP contribution >= 0.6 is 0 Å². The van der Waals surface area contributed by atoms with Gasteiger partial charge in [0, 0.05) is 41.7 Å². The van der Waals surface area contributed by atoms with E-state index in [1.807, 2.05) is 0 Å². The summed E-state index contributed by atoms with van der Waals surface area (Å²) in [6.07, 6.45) is 0. The molecule has 0 rings (SSSR count). The first-order valence-electron chi connectivity index (χ1n) is 6.89. The third kappa shape index (κ3) is 5290. The predicted octanol–water partition coefficient (Wildman–Crippen LogP) is 3.11. The van der Waals surface area contributed by atoms with Gasteiger partial charge in [-0.3, -0.25) is 0 Å². The van der Waals surface area contributed by atoms with Gasteiger partial charge in [0.25, 0.3) is 0 Å². The number of hydrogen-bond acceptors (Lipinski definition) is 4. The Hall–Kier alpha value is 1.22. The molecule has 0 aliphatic carbocycles. The third-order valence-electron chi connectivity index (χ3n) is 0. The van der Waals surface area contributed by atoms with Crippen molar-refractivity contribution in [3.8, 4) is 0 Å². The average molecular weight is 437 g/mol. The maximum Gasteiger partial charge on any atom is 0.0563 e. The monoisotopic (exact) mass is 436 g/mol. The van der Waals surface area contributed by atoms with Crippen LogP contribution in [0.4, 0.5) is 0 Å². The molecule has 0 unspecified atom stereocenters. The van der Waals surface area contributed by atoms with Gasteiger partial charge in [0.05, 0.1) is 22.4 Å². The molecule has 132 valence electrons. The van der Waals surface area contributed by atoms with E-state index >= 15 is 0 Å². The average Bonchev–Trinajstić information content (AvgIpc) is 1.62. The van der Waals surface area contributed by atoms with Crippen LogP contribution < -0.4 is 0 Å². The molecule has 0 aliphatic rings. The molecule has 0 radical (unpaired) electrons. The van der Waals surface area contributed by atoms with Crippen molar-refractivity contribution in [1.29, 1.82) is 0 Å². The molecule has 4 nitrogen and oxygen atoms in total. The topological polar surface area (TPSA) is 80.9 Å². The van der Waals surface area contributed by atoms with Gasteiger partial charge in [-0.1, -0.05) is 0 Å². The minimum Gasteiger partial charge on any atom is -0.391 e. The molecule has 0 saturated heterocycles. The molecule has 0 aromatic heterocycles. The van der Waals surface area contributed by atoms with Gasteiger partial charge in [-0.15, -0.1) is 0 Å². The Balaban J connectivity index is -0.0000000533. The molecule has 0 aliphatic heterocycles. The molecular formula is C16H40CeO4. The van der Waals surface area contributed by atoms with Crippen molar-refractivity contribution >= 4 is 0 Å². The van der Waals surface area contributed by atoms with Crippen LogP contribution in [0.5, 0.6) is 0 Å². The van der Waals surface area contributed by atoms with Crippen LogP contribution in [0.15, 0.2) is 0 Å². The molecule has 0 fully saturated rings. The largest absolute Gasteiger partial charge is 0.391 e. The normalized spacial score (nSPS) is 11.4. The Kier molecular flexibility index (Phi) is 21.9. The molecule has 0 amide bonds. The van der Waals surface area contributed by atoms with Gasteiger partial charge in [-0.2, -0.15) is 0 Å². The van der Waals surface area contributed by atoms with E-state index in [-0.39, 0.29) is 41.7 Å². The van der Waals surface area contributed by atoms with Crippen molar-refractivity contribution in [2.45, 2.75) is 105 Å². The smallest absolute Gasteiger partial charge is 0.0563 e. The molecule has 0 saturated carbocycles. The molecule has 0 bridgehead atoms. The summed E-state index contributed by atoms with van der Waals surface area (Å²) in [6.45, 7) is 20.9. The van der Waals surface area contributed by atoms with E-state index in [1.54, 1.807) is 83.1 Å². The van der Waals surface area contributed by atoms with E-state index in [9.17, 15) is 0 Å². The first-order chi connectivity index (χ1) is 8.00. The molecular weight excluding hydrogens is 396 g/mol. The minimum absolute atomic E-state index is 0. The zero-order valence-corrected chi connectivity index (χ0v) is 19.4. The van der Waals surface area contributed by atoms with Crippen LogP contribution in [0.3, 0.4) is 0 Å². The zero-order chi connectivity index (χ0) is 18.0. The van der Waals surface area contributed by atoms with Gasteiger partial charge in [0.2, 0.25) is 0 Å². The van der Waals surface area contributed by atoms with Gasteiger partial charge in [-0.05, 0) is 83.1 Å². The number of hydrogen-bond donors (Lipinski definition) is 4. The zero-order valence-electron chi connectivity index (χ0n) is 16.3. The van der Waals surface area contributed by atoms with Crippen molar-refractivity contribution in [2.75, 3.05) is 0 Å².